The lowest BCUT2D eigenvalue weighted by Gasteiger charge is -2.31. The predicted octanol–water partition coefficient (Wildman–Crippen LogP) is 1.66. The molecule has 25 heavy (non-hydrogen) atoms. The Bertz CT molecular complexity index is 860. The van der Waals surface area contributed by atoms with Crippen LogP contribution in [0.15, 0.2) is 30.5 Å². The van der Waals surface area contributed by atoms with Gasteiger partial charge in [-0.25, -0.2) is 0 Å². The first-order valence-corrected chi connectivity index (χ1v) is 8.98. The zero-order valence-electron chi connectivity index (χ0n) is 14.0. The Morgan fingerprint density at radius 3 is 3.12 bits per heavy atom. The van der Waals surface area contributed by atoms with Gasteiger partial charge in [0, 0.05) is 43.0 Å². The van der Waals surface area contributed by atoms with Crippen LogP contribution in [0.1, 0.15) is 24.8 Å². The summed E-state index contributed by atoms with van der Waals surface area (Å²) in [4.78, 5) is 32.1. The Balaban J connectivity index is 1.31. The highest BCUT2D eigenvalue weighted by Crippen LogP contribution is 2.45. The van der Waals surface area contributed by atoms with E-state index in [0.717, 1.165) is 11.9 Å². The number of hydrogen-bond acceptors (Lipinski definition) is 3. The van der Waals surface area contributed by atoms with Crippen molar-refractivity contribution >= 4 is 22.7 Å². The van der Waals surface area contributed by atoms with Crippen LogP contribution in [0.25, 0.3) is 10.9 Å². The second kappa shape index (κ2) is 5.33. The molecule has 0 unspecified atom stereocenters. The summed E-state index contributed by atoms with van der Waals surface area (Å²) in [5, 5.41) is 1.18. The number of aromatic nitrogens is 1. The normalized spacial score (nSPS) is 28.0. The van der Waals surface area contributed by atoms with Gasteiger partial charge in [-0.2, -0.15) is 0 Å². The summed E-state index contributed by atoms with van der Waals surface area (Å²) >= 11 is 0. The van der Waals surface area contributed by atoms with E-state index in [2.05, 4.69) is 11.1 Å². The van der Waals surface area contributed by atoms with Gasteiger partial charge in [0.1, 0.15) is 0 Å². The fraction of sp³-hybridized carbons (Fsp3) is 0.474. The summed E-state index contributed by atoms with van der Waals surface area (Å²) in [6.45, 7) is 1.92. The number of para-hydroxylation sites is 1. The molecule has 1 N–H and O–H groups in total. The van der Waals surface area contributed by atoms with Crippen LogP contribution in [-0.4, -0.2) is 58.1 Å². The van der Waals surface area contributed by atoms with Crippen molar-refractivity contribution in [2.75, 3.05) is 19.7 Å². The fourth-order valence-corrected chi connectivity index (χ4v) is 4.81. The number of fused-ring (bicyclic) bond motifs is 1. The fourth-order valence-electron chi connectivity index (χ4n) is 4.81. The standard InChI is InChI=1S/C19H21N3O3/c23-17(6-5-13-12-20-15-4-2-1-3-14(13)15)21-8-7-19-16(21)11-18(24)22(19)9-10-25-19/h1-4,12,16,20H,5-11H2/t16-,19+/m1/s1. The van der Waals surface area contributed by atoms with Gasteiger partial charge in [0.2, 0.25) is 11.8 Å². The number of benzene rings is 1. The molecule has 3 fully saturated rings. The Hall–Kier alpha value is -2.34. The summed E-state index contributed by atoms with van der Waals surface area (Å²) in [5.41, 5.74) is 1.73. The topological polar surface area (TPSA) is 65.6 Å². The molecule has 3 aliphatic rings. The van der Waals surface area contributed by atoms with Crippen LogP contribution >= 0.6 is 0 Å². The van der Waals surface area contributed by atoms with Crippen molar-refractivity contribution in [2.24, 2.45) is 0 Å². The summed E-state index contributed by atoms with van der Waals surface area (Å²) in [6, 6.07) is 8.03. The predicted molar refractivity (Wildman–Crippen MR) is 91.8 cm³/mol. The Kier molecular flexibility index (Phi) is 3.19. The molecule has 0 aliphatic carbocycles. The molecule has 0 bridgehead atoms. The van der Waals surface area contributed by atoms with Gasteiger partial charge < -0.3 is 19.5 Å². The second-order valence-corrected chi connectivity index (χ2v) is 7.16. The van der Waals surface area contributed by atoms with E-state index in [1.165, 1.54) is 10.9 Å². The van der Waals surface area contributed by atoms with Crippen LogP contribution in [0.2, 0.25) is 0 Å². The molecule has 130 valence electrons. The third-order valence-electron chi connectivity index (χ3n) is 6.00. The molecule has 5 rings (SSSR count). The smallest absolute Gasteiger partial charge is 0.227 e. The van der Waals surface area contributed by atoms with E-state index < -0.39 is 5.72 Å². The van der Waals surface area contributed by atoms with E-state index in [1.807, 2.05) is 34.2 Å². The van der Waals surface area contributed by atoms with Crippen LogP contribution in [0.5, 0.6) is 0 Å². The minimum absolute atomic E-state index is 0.113. The number of rotatable bonds is 3. The Morgan fingerprint density at radius 1 is 1.32 bits per heavy atom. The lowest BCUT2D eigenvalue weighted by atomic mass is 10.1. The van der Waals surface area contributed by atoms with Gasteiger partial charge in [0.15, 0.2) is 5.72 Å². The summed E-state index contributed by atoms with van der Waals surface area (Å²) in [7, 11) is 0. The second-order valence-electron chi connectivity index (χ2n) is 7.16. The molecule has 2 atom stereocenters. The molecule has 6 heteroatoms. The first kappa shape index (κ1) is 15.0. The molecule has 1 aromatic heterocycles. The van der Waals surface area contributed by atoms with E-state index in [0.29, 0.717) is 39.0 Å². The molecule has 4 heterocycles. The van der Waals surface area contributed by atoms with Gasteiger partial charge in [-0.3, -0.25) is 9.59 Å². The minimum Gasteiger partial charge on any atom is -0.361 e. The van der Waals surface area contributed by atoms with Crippen LogP contribution in [0.3, 0.4) is 0 Å². The van der Waals surface area contributed by atoms with Gasteiger partial charge >= 0.3 is 0 Å². The van der Waals surface area contributed by atoms with E-state index in [4.69, 9.17) is 4.74 Å². The number of aryl methyl sites for hydroxylation is 1. The summed E-state index contributed by atoms with van der Waals surface area (Å²) < 4.78 is 5.95. The van der Waals surface area contributed by atoms with Crippen LogP contribution in [-0.2, 0) is 20.7 Å². The monoisotopic (exact) mass is 339 g/mol. The van der Waals surface area contributed by atoms with Gasteiger partial charge in [0.05, 0.1) is 19.1 Å². The lowest BCUT2D eigenvalue weighted by molar-refractivity contribution is -0.139. The third-order valence-corrected chi connectivity index (χ3v) is 6.00. The minimum atomic E-state index is -0.534. The average Bonchev–Trinajstić information content (AvgIpc) is 3.35. The SMILES string of the molecule is O=C(CCc1c[nH]c2ccccc12)N1CC[C@@]23OCCN2C(=O)C[C@@H]13. The summed E-state index contributed by atoms with van der Waals surface area (Å²) in [5.74, 6) is 0.244. The molecule has 3 saturated heterocycles. The Morgan fingerprint density at radius 2 is 2.20 bits per heavy atom. The van der Waals surface area contributed by atoms with Gasteiger partial charge in [-0.1, -0.05) is 18.2 Å². The summed E-state index contributed by atoms with van der Waals surface area (Å²) in [6.07, 6.45) is 4.30. The molecule has 3 aliphatic heterocycles. The first-order valence-electron chi connectivity index (χ1n) is 8.98. The van der Waals surface area contributed by atoms with Crippen molar-refractivity contribution in [2.45, 2.75) is 37.5 Å². The molecule has 0 saturated carbocycles. The highest BCUT2D eigenvalue weighted by atomic mass is 16.5. The number of nitrogens with zero attached hydrogens (tertiary/aromatic N) is 2. The maximum Gasteiger partial charge on any atom is 0.227 e. The number of likely N-dealkylation sites (tertiary alicyclic amines) is 1. The number of aromatic amines is 1. The highest BCUT2D eigenvalue weighted by molar-refractivity contribution is 5.86. The first-order chi connectivity index (χ1) is 12.2. The van der Waals surface area contributed by atoms with Crippen molar-refractivity contribution in [1.82, 2.24) is 14.8 Å². The zero-order valence-corrected chi connectivity index (χ0v) is 14.0. The average molecular weight is 339 g/mol. The third kappa shape index (κ3) is 2.07. The van der Waals surface area contributed by atoms with Crippen molar-refractivity contribution in [1.29, 1.82) is 0 Å². The van der Waals surface area contributed by atoms with Gasteiger partial charge in [-0.05, 0) is 18.1 Å². The molecule has 1 spiro atoms. The van der Waals surface area contributed by atoms with Crippen molar-refractivity contribution < 1.29 is 14.3 Å². The molecule has 2 amide bonds. The maximum atomic E-state index is 12.8. The number of carbonyl (C=O) groups is 2. The number of hydrogen-bond donors (Lipinski definition) is 1. The van der Waals surface area contributed by atoms with Crippen LogP contribution in [0, 0.1) is 0 Å². The number of nitrogens with one attached hydrogen (secondary N) is 1. The Labute approximate surface area is 145 Å². The van der Waals surface area contributed by atoms with Crippen LogP contribution < -0.4 is 0 Å². The van der Waals surface area contributed by atoms with E-state index in [-0.39, 0.29) is 17.9 Å². The quantitative estimate of drug-likeness (QED) is 0.925. The zero-order chi connectivity index (χ0) is 17.0. The molecule has 2 aromatic rings. The number of amides is 2. The molecule has 0 radical (unpaired) electrons. The van der Waals surface area contributed by atoms with Crippen molar-refractivity contribution in [3.63, 3.8) is 0 Å². The molecular weight excluding hydrogens is 318 g/mol. The van der Waals surface area contributed by atoms with Crippen molar-refractivity contribution in [3.8, 4) is 0 Å². The lowest BCUT2D eigenvalue weighted by Crippen LogP contribution is -2.48. The number of carbonyl (C=O) groups excluding carboxylic acids is 2. The van der Waals surface area contributed by atoms with E-state index >= 15 is 0 Å². The van der Waals surface area contributed by atoms with E-state index in [9.17, 15) is 9.59 Å². The van der Waals surface area contributed by atoms with Gasteiger partial charge in [0.25, 0.3) is 0 Å². The van der Waals surface area contributed by atoms with Crippen molar-refractivity contribution in [3.05, 3.63) is 36.0 Å². The molecule has 1 aromatic carbocycles. The van der Waals surface area contributed by atoms with E-state index in [1.54, 1.807) is 0 Å². The molecule has 6 nitrogen and oxygen atoms in total. The highest BCUT2D eigenvalue weighted by Gasteiger charge is 2.62. The largest absolute Gasteiger partial charge is 0.361 e. The van der Waals surface area contributed by atoms with Gasteiger partial charge in [-0.15, -0.1) is 0 Å². The maximum absolute atomic E-state index is 12.8. The number of H-pyrrole nitrogens is 1. The molecular formula is C19H21N3O3. The van der Waals surface area contributed by atoms with Crippen LogP contribution in [0.4, 0.5) is 0 Å². The number of ether oxygens (including phenoxy) is 1.